The summed E-state index contributed by atoms with van der Waals surface area (Å²) >= 11 is 1.01. The predicted molar refractivity (Wildman–Crippen MR) is 147 cm³/mol. The van der Waals surface area contributed by atoms with Crippen molar-refractivity contribution in [1.29, 1.82) is 0 Å². The van der Waals surface area contributed by atoms with Gasteiger partial charge < -0.3 is 39.2 Å². The number of carboxylic acids is 1. The Kier molecular flexibility index (Phi) is 15.2. The molecule has 2 rings (SSSR count). The molecule has 0 spiro atoms. The first-order valence-electron chi connectivity index (χ1n) is 12.5. The van der Waals surface area contributed by atoms with Crippen molar-refractivity contribution >= 4 is 38.7 Å². The minimum Gasteiger partial charge on any atom is -0.478 e. The zero-order valence-electron chi connectivity index (χ0n) is 22.3. The minimum atomic E-state index is -1.14. The highest BCUT2D eigenvalue weighted by molar-refractivity contribution is 7.20. The van der Waals surface area contributed by atoms with Crippen LogP contribution < -0.4 is 4.90 Å². The Balaban J connectivity index is 2.07. The normalized spacial score (nSPS) is 11.3. The fourth-order valence-corrected chi connectivity index (χ4v) is 4.36. The first-order chi connectivity index (χ1) is 18.9. The summed E-state index contributed by atoms with van der Waals surface area (Å²) in [5.41, 5.74) is 2.75. The van der Waals surface area contributed by atoms with Gasteiger partial charge >= 0.3 is 5.97 Å². The van der Waals surface area contributed by atoms with Crippen LogP contribution in [0.3, 0.4) is 0 Å². The van der Waals surface area contributed by atoms with Gasteiger partial charge in [0.1, 0.15) is 5.00 Å². The fourth-order valence-electron chi connectivity index (χ4n) is 3.46. The number of hydrogen-bond donors (Lipinski definition) is 3. The van der Waals surface area contributed by atoms with Crippen LogP contribution in [0.15, 0.2) is 28.4 Å². The number of aliphatic hydroxyl groups excluding tert-OH is 2. The van der Waals surface area contributed by atoms with Crippen molar-refractivity contribution in [3.63, 3.8) is 0 Å². The van der Waals surface area contributed by atoms with Crippen molar-refractivity contribution in [2.45, 2.75) is 13.8 Å². The van der Waals surface area contributed by atoms with Crippen molar-refractivity contribution in [2.75, 3.05) is 84.1 Å². The number of thiophene rings is 1. The molecule has 0 radical (unpaired) electrons. The maximum Gasteiger partial charge on any atom is 0.337 e. The van der Waals surface area contributed by atoms with Crippen LogP contribution in [0.25, 0.3) is 4.85 Å². The Labute approximate surface area is 232 Å². The van der Waals surface area contributed by atoms with Gasteiger partial charge in [0, 0.05) is 18.8 Å². The van der Waals surface area contributed by atoms with Gasteiger partial charge in [-0.2, -0.15) is 0 Å². The summed E-state index contributed by atoms with van der Waals surface area (Å²) in [5, 5.41) is 36.0. The van der Waals surface area contributed by atoms with Gasteiger partial charge in [0.2, 0.25) is 5.00 Å². The topological polar surface area (TPSA) is 147 Å². The Bertz CT molecular complexity index is 1080. The molecule has 2 aromatic rings. The first kappa shape index (κ1) is 32.3. The van der Waals surface area contributed by atoms with Crippen molar-refractivity contribution in [3.8, 4) is 0 Å². The number of carboxylic acid groups (broad SMARTS) is 1. The van der Waals surface area contributed by atoms with E-state index in [4.69, 9.17) is 35.7 Å². The van der Waals surface area contributed by atoms with E-state index in [9.17, 15) is 9.90 Å². The first-order valence-corrected chi connectivity index (χ1v) is 13.3. The molecule has 3 N–H and O–H groups in total. The molecule has 1 aromatic carbocycles. The molecule has 0 saturated carbocycles. The van der Waals surface area contributed by atoms with Gasteiger partial charge in [-0.15, -0.1) is 21.6 Å². The molecular weight excluding hydrogens is 528 g/mol. The Hall–Kier alpha value is -2.96. The van der Waals surface area contributed by atoms with E-state index in [2.05, 4.69) is 20.0 Å². The molecule has 12 nitrogen and oxygen atoms in total. The van der Waals surface area contributed by atoms with Gasteiger partial charge in [-0.25, -0.2) is 9.64 Å². The molecule has 13 heteroatoms. The Morgan fingerprint density at radius 3 is 1.97 bits per heavy atom. The fraction of sp³-hybridized carbons (Fsp3) is 0.538. The van der Waals surface area contributed by atoms with Crippen molar-refractivity contribution in [3.05, 3.63) is 46.3 Å². The Morgan fingerprint density at radius 2 is 1.49 bits per heavy atom. The third-order valence-electron chi connectivity index (χ3n) is 5.44. The lowest BCUT2D eigenvalue weighted by Crippen LogP contribution is -2.31. The van der Waals surface area contributed by atoms with Gasteiger partial charge in [0.25, 0.3) is 0 Å². The lowest BCUT2D eigenvalue weighted by molar-refractivity contribution is 0.0316. The molecule has 0 aliphatic heterocycles. The van der Waals surface area contributed by atoms with Crippen LogP contribution >= 0.6 is 11.3 Å². The number of hydrogen-bond acceptors (Lipinski definition) is 11. The third-order valence-corrected chi connectivity index (χ3v) is 6.51. The molecule has 0 bridgehead atoms. The summed E-state index contributed by atoms with van der Waals surface area (Å²) in [4.78, 5) is 17.2. The van der Waals surface area contributed by atoms with E-state index >= 15 is 0 Å². The molecule has 0 unspecified atom stereocenters. The number of aryl methyl sites for hydroxylation is 1. The molecule has 0 fully saturated rings. The quantitative estimate of drug-likeness (QED) is 0.124. The number of ether oxygens (including phenoxy) is 4. The molecule has 214 valence electrons. The number of rotatable bonds is 20. The van der Waals surface area contributed by atoms with E-state index in [1.54, 1.807) is 6.92 Å². The molecule has 0 saturated heterocycles. The van der Waals surface area contributed by atoms with Gasteiger partial charge in [-0.05, 0) is 43.2 Å². The maximum absolute atomic E-state index is 11.7. The number of nitrogens with zero attached hydrogens (tertiary/aromatic N) is 4. The van der Waals surface area contributed by atoms with E-state index in [1.807, 2.05) is 25.1 Å². The zero-order valence-corrected chi connectivity index (χ0v) is 23.1. The summed E-state index contributed by atoms with van der Waals surface area (Å²) in [5.74, 6) is -1.14. The zero-order chi connectivity index (χ0) is 28.5. The van der Waals surface area contributed by atoms with Gasteiger partial charge in [0.15, 0.2) is 0 Å². The van der Waals surface area contributed by atoms with E-state index < -0.39 is 5.97 Å². The number of aromatic carboxylic acids is 1. The molecule has 1 heterocycles. The highest BCUT2D eigenvalue weighted by atomic mass is 32.1. The van der Waals surface area contributed by atoms with Gasteiger partial charge in [-0.1, -0.05) is 0 Å². The molecule has 0 atom stereocenters. The van der Waals surface area contributed by atoms with E-state index in [0.29, 0.717) is 64.0 Å². The third kappa shape index (κ3) is 11.0. The number of benzene rings is 1. The molecule has 39 heavy (non-hydrogen) atoms. The van der Waals surface area contributed by atoms with Crippen LogP contribution in [-0.4, -0.2) is 100 Å². The molecule has 0 aliphatic carbocycles. The smallest absolute Gasteiger partial charge is 0.337 e. The van der Waals surface area contributed by atoms with E-state index in [-0.39, 0.29) is 42.0 Å². The lowest BCUT2D eigenvalue weighted by atomic mass is 10.1. The van der Waals surface area contributed by atoms with Crippen molar-refractivity contribution < 1.29 is 39.1 Å². The van der Waals surface area contributed by atoms with Crippen LogP contribution in [0.2, 0.25) is 0 Å². The van der Waals surface area contributed by atoms with Crippen molar-refractivity contribution in [2.24, 2.45) is 10.2 Å². The van der Waals surface area contributed by atoms with Crippen LogP contribution in [0.5, 0.6) is 0 Å². The minimum absolute atomic E-state index is 0.00119. The van der Waals surface area contributed by atoms with Crippen LogP contribution in [0.4, 0.5) is 21.4 Å². The highest BCUT2D eigenvalue weighted by Crippen LogP contribution is 2.42. The summed E-state index contributed by atoms with van der Waals surface area (Å²) in [6.07, 6.45) is 0. The van der Waals surface area contributed by atoms with E-state index in [1.165, 1.54) is 0 Å². The molecular formula is C26H36N4O8S. The number of anilines is 1. The average molecular weight is 565 g/mol. The number of aliphatic hydroxyl groups is 2. The summed E-state index contributed by atoms with van der Waals surface area (Å²) < 4.78 is 21.7. The molecule has 0 aliphatic rings. The molecule has 0 amide bonds. The van der Waals surface area contributed by atoms with E-state index in [0.717, 1.165) is 22.6 Å². The summed E-state index contributed by atoms with van der Waals surface area (Å²) in [6.45, 7) is 15.0. The summed E-state index contributed by atoms with van der Waals surface area (Å²) in [6, 6.07) is 5.68. The second-order valence-corrected chi connectivity index (χ2v) is 9.16. The Morgan fingerprint density at radius 1 is 0.923 bits per heavy atom. The predicted octanol–water partition coefficient (Wildman–Crippen LogP) is 3.89. The largest absolute Gasteiger partial charge is 0.478 e. The monoisotopic (exact) mass is 564 g/mol. The maximum atomic E-state index is 11.7. The van der Waals surface area contributed by atoms with Crippen molar-refractivity contribution in [1.82, 2.24) is 0 Å². The lowest BCUT2D eigenvalue weighted by Gasteiger charge is -2.25. The summed E-state index contributed by atoms with van der Waals surface area (Å²) in [7, 11) is 0. The molecule has 1 aromatic heterocycles. The number of azo groups is 1. The van der Waals surface area contributed by atoms with Gasteiger partial charge in [0.05, 0.1) is 83.9 Å². The van der Waals surface area contributed by atoms with Crippen LogP contribution in [0, 0.1) is 20.4 Å². The second-order valence-electron chi connectivity index (χ2n) is 8.18. The van der Waals surface area contributed by atoms with Crippen LogP contribution in [0.1, 0.15) is 21.5 Å². The average Bonchev–Trinajstić information content (AvgIpc) is 3.25. The SMILES string of the molecule is [C-]#[N+]c1sc(N=Nc2ccc(N(CCOCCOCCO)CCOCCOCCO)cc2C)c(C(=O)O)c1C. The standard InChI is InChI=1S/C26H36N4O8S/c1-19-18-21(4-5-22(19)28-29-25-23(26(33)34)20(2)24(27-3)39-25)30(6-10-35-14-16-37-12-8-31)7-11-36-15-17-38-13-9-32/h4-5,18,31-32H,6-17H2,1-2H3,(H,33,34). The highest BCUT2D eigenvalue weighted by Gasteiger charge is 2.20. The van der Waals surface area contributed by atoms with Gasteiger partial charge in [-0.3, -0.25) is 0 Å². The second kappa shape index (κ2) is 18.3. The number of carbonyl (C=O) groups is 1. The van der Waals surface area contributed by atoms with Crippen LogP contribution in [-0.2, 0) is 18.9 Å².